The van der Waals surface area contributed by atoms with Gasteiger partial charge in [-0.3, -0.25) is 9.63 Å². The van der Waals surface area contributed by atoms with Crippen LogP contribution < -0.4 is 5.32 Å². The van der Waals surface area contributed by atoms with Gasteiger partial charge in [0, 0.05) is 13.6 Å². The monoisotopic (exact) mass is 424 g/mol. The van der Waals surface area contributed by atoms with Crippen LogP contribution in [-0.2, 0) is 24.4 Å². The summed E-state index contributed by atoms with van der Waals surface area (Å²) in [6.07, 6.45) is 6.57. The van der Waals surface area contributed by atoms with E-state index in [-0.39, 0.29) is 10.5 Å². The third kappa shape index (κ3) is 6.38. The summed E-state index contributed by atoms with van der Waals surface area (Å²) in [6.45, 7) is 1.97. The second-order valence-electron chi connectivity index (χ2n) is 6.82. The first-order valence-electron chi connectivity index (χ1n) is 9.55. The fraction of sp³-hybridized carbons (Fsp3) is 0.500. The third-order valence-electron chi connectivity index (χ3n) is 4.75. The Morgan fingerprint density at radius 1 is 1.28 bits per heavy atom. The summed E-state index contributed by atoms with van der Waals surface area (Å²) < 4.78 is 30.5. The molecule has 160 valence electrons. The number of carbonyl (C=O) groups is 2. The maximum absolute atomic E-state index is 12.3. The van der Waals surface area contributed by atoms with E-state index in [9.17, 15) is 18.0 Å². The maximum atomic E-state index is 12.3. The lowest BCUT2D eigenvalue weighted by molar-refractivity contribution is -0.129. The number of nitrogens with zero attached hydrogens (tertiary/aromatic N) is 1. The molecule has 1 atom stereocenters. The number of nitrogens with one attached hydrogen (secondary N) is 1. The van der Waals surface area contributed by atoms with Gasteiger partial charge in [0.15, 0.2) is 6.10 Å². The van der Waals surface area contributed by atoms with Crippen LogP contribution in [0, 0.1) is 0 Å². The first-order valence-corrected chi connectivity index (χ1v) is 11.0. The molecule has 1 amide bonds. The van der Waals surface area contributed by atoms with Crippen molar-refractivity contribution in [2.24, 2.45) is 0 Å². The molecule has 1 aliphatic carbocycles. The van der Waals surface area contributed by atoms with E-state index in [1.807, 2.05) is 0 Å². The number of carbonyl (C=O) groups excluding carboxylic acids is 2. The number of hydroxylamine groups is 1. The summed E-state index contributed by atoms with van der Waals surface area (Å²) in [6, 6.07) is 5.38. The van der Waals surface area contributed by atoms with Crippen LogP contribution in [0.15, 0.2) is 40.8 Å². The molecule has 1 aromatic carbocycles. The van der Waals surface area contributed by atoms with E-state index < -0.39 is 28.0 Å². The average Bonchev–Trinajstić information content (AvgIpc) is 2.73. The van der Waals surface area contributed by atoms with E-state index in [1.165, 1.54) is 63.8 Å². The highest BCUT2D eigenvalue weighted by atomic mass is 32.2. The Hall–Kier alpha value is -2.23. The van der Waals surface area contributed by atoms with Crippen LogP contribution in [0.1, 0.15) is 49.4 Å². The molecule has 0 radical (unpaired) electrons. The number of ether oxygens (including phenoxy) is 1. The van der Waals surface area contributed by atoms with Crippen molar-refractivity contribution < 1.29 is 27.6 Å². The van der Waals surface area contributed by atoms with Gasteiger partial charge in [0.1, 0.15) is 0 Å². The van der Waals surface area contributed by atoms with E-state index in [0.29, 0.717) is 11.0 Å². The highest BCUT2D eigenvalue weighted by Gasteiger charge is 2.24. The molecule has 0 saturated carbocycles. The number of hydrogen-bond donors (Lipinski definition) is 1. The van der Waals surface area contributed by atoms with Gasteiger partial charge in [-0.15, -0.1) is 0 Å². The molecule has 0 heterocycles. The minimum atomic E-state index is -3.89. The van der Waals surface area contributed by atoms with Gasteiger partial charge in [0.05, 0.1) is 17.6 Å². The minimum Gasteiger partial charge on any atom is -0.449 e. The Kier molecular flexibility index (Phi) is 8.36. The van der Waals surface area contributed by atoms with Gasteiger partial charge in [-0.2, -0.15) is 0 Å². The van der Waals surface area contributed by atoms with E-state index >= 15 is 0 Å². The van der Waals surface area contributed by atoms with Crippen molar-refractivity contribution in [2.45, 2.75) is 50.0 Å². The summed E-state index contributed by atoms with van der Waals surface area (Å²) in [5.41, 5.74) is 1.38. The van der Waals surface area contributed by atoms with Gasteiger partial charge in [-0.25, -0.2) is 13.2 Å². The van der Waals surface area contributed by atoms with Gasteiger partial charge < -0.3 is 10.1 Å². The molecule has 1 aliphatic rings. The van der Waals surface area contributed by atoms with Crippen molar-refractivity contribution in [3.05, 3.63) is 41.5 Å². The zero-order valence-corrected chi connectivity index (χ0v) is 17.8. The van der Waals surface area contributed by atoms with Gasteiger partial charge >= 0.3 is 5.97 Å². The highest BCUT2D eigenvalue weighted by molar-refractivity contribution is 7.89. The Bertz CT molecular complexity index is 865. The second kappa shape index (κ2) is 10.5. The lowest BCUT2D eigenvalue weighted by Gasteiger charge is -2.16. The smallest absolute Gasteiger partial charge is 0.338 e. The molecule has 0 saturated heterocycles. The summed E-state index contributed by atoms with van der Waals surface area (Å²) in [5.74, 6) is -1.17. The van der Waals surface area contributed by atoms with Crippen LogP contribution in [-0.4, -0.2) is 51.6 Å². The van der Waals surface area contributed by atoms with Crippen molar-refractivity contribution in [2.75, 3.05) is 20.7 Å². The average molecular weight is 425 g/mol. The standard InChI is InChI=1S/C20H28N2O6S/c1-15(19(23)21-13-12-16-8-5-4-6-9-16)28-20(24)17-10-7-11-18(14-17)29(25,26)22(2)27-3/h7-8,10-11,14-15H,4-6,9,12-13H2,1-3H3,(H,21,23)/t15-/m1/s1. The van der Waals surface area contributed by atoms with E-state index in [4.69, 9.17) is 9.57 Å². The van der Waals surface area contributed by atoms with Crippen molar-refractivity contribution in [3.63, 3.8) is 0 Å². The predicted molar refractivity (Wildman–Crippen MR) is 107 cm³/mol. The molecule has 0 unspecified atom stereocenters. The molecule has 0 aliphatic heterocycles. The van der Waals surface area contributed by atoms with Crippen molar-refractivity contribution >= 4 is 21.9 Å². The van der Waals surface area contributed by atoms with Crippen LogP contribution in [0.25, 0.3) is 0 Å². The fourth-order valence-corrected chi connectivity index (χ4v) is 3.95. The molecule has 9 heteroatoms. The summed E-state index contributed by atoms with van der Waals surface area (Å²) in [5, 5.41) is 2.77. The molecular formula is C20H28N2O6S. The second-order valence-corrected chi connectivity index (χ2v) is 8.76. The van der Waals surface area contributed by atoms with Gasteiger partial charge in [-0.05, 0) is 57.2 Å². The van der Waals surface area contributed by atoms with Crippen molar-refractivity contribution in [1.29, 1.82) is 0 Å². The normalized spacial score (nSPS) is 15.5. The third-order valence-corrected chi connectivity index (χ3v) is 6.42. The lowest BCUT2D eigenvalue weighted by atomic mass is 9.97. The highest BCUT2D eigenvalue weighted by Crippen LogP contribution is 2.19. The van der Waals surface area contributed by atoms with E-state index in [0.717, 1.165) is 19.3 Å². The lowest BCUT2D eigenvalue weighted by Crippen LogP contribution is -2.36. The van der Waals surface area contributed by atoms with E-state index in [1.54, 1.807) is 0 Å². The predicted octanol–water partition coefficient (Wildman–Crippen LogP) is 2.42. The van der Waals surface area contributed by atoms with Crippen LogP contribution >= 0.6 is 0 Å². The summed E-state index contributed by atoms with van der Waals surface area (Å²) >= 11 is 0. The number of rotatable bonds is 9. The summed E-state index contributed by atoms with van der Waals surface area (Å²) in [4.78, 5) is 29.1. The largest absolute Gasteiger partial charge is 0.449 e. The number of hydrogen-bond acceptors (Lipinski definition) is 6. The Balaban J connectivity index is 1.92. The molecule has 0 fully saturated rings. The SMILES string of the molecule is CON(C)S(=O)(=O)c1cccc(C(=O)O[C@H](C)C(=O)NCCC2=CCCCC2)c1. The first-order chi connectivity index (χ1) is 13.8. The number of esters is 1. The molecule has 0 aromatic heterocycles. The number of amides is 1. The molecule has 8 nitrogen and oxygen atoms in total. The topological polar surface area (TPSA) is 102 Å². The zero-order chi connectivity index (χ0) is 21.4. The zero-order valence-electron chi connectivity index (χ0n) is 17.0. The van der Waals surface area contributed by atoms with Gasteiger partial charge in [-0.1, -0.05) is 22.2 Å². The quantitative estimate of drug-likeness (QED) is 0.371. The number of sulfonamides is 1. The molecule has 2 rings (SSSR count). The van der Waals surface area contributed by atoms with Crippen molar-refractivity contribution in [1.82, 2.24) is 9.79 Å². The van der Waals surface area contributed by atoms with Gasteiger partial charge in [0.2, 0.25) is 0 Å². The van der Waals surface area contributed by atoms with Crippen LogP contribution in [0.4, 0.5) is 0 Å². The van der Waals surface area contributed by atoms with E-state index in [2.05, 4.69) is 11.4 Å². The molecule has 0 bridgehead atoms. The molecule has 29 heavy (non-hydrogen) atoms. The molecular weight excluding hydrogens is 396 g/mol. The Morgan fingerprint density at radius 3 is 2.69 bits per heavy atom. The molecule has 1 N–H and O–H groups in total. The minimum absolute atomic E-state index is 0.0302. The molecule has 1 aromatic rings. The van der Waals surface area contributed by atoms with Gasteiger partial charge in [0.25, 0.3) is 15.9 Å². The maximum Gasteiger partial charge on any atom is 0.338 e. The Labute approximate surface area is 171 Å². The Morgan fingerprint density at radius 2 is 2.03 bits per heavy atom. The number of benzene rings is 1. The van der Waals surface area contributed by atoms with Crippen LogP contribution in [0.2, 0.25) is 0 Å². The van der Waals surface area contributed by atoms with Crippen LogP contribution in [0.5, 0.6) is 0 Å². The fourth-order valence-electron chi connectivity index (χ4n) is 2.93. The molecule has 0 spiro atoms. The van der Waals surface area contributed by atoms with Crippen LogP contribution in [0.3, 0.4) is 0 Å². The summed E-state index contributed by atoms with van der Waals surface area (Å²) in [7, 11) is -1.42. The van der Waals surface area contributed by atoms with Crippen molar-refractivity contribution in [3.8, 4) is 0 Å². The first kappa shape index (κ1) is 23.1. The number of allylic oxidation sites excluding steroid dienone is 1.